The van der Waals surface area contributed by atoms with Gasteiger partial charge in [-0.05, 0) is 38.0 Å². The summed E-state index contributed by atoms with van der Waals surface area (Å²) in [6.07, 6.45) is 1.23. The lowest BCUT2D eigenvalue weighted by Crippen LogP contribution is -2.31. The molecule has 2 rings (SSSR count). The van der Waals surface area contributed by atoms with Crippen LogP contribution in [0.4, 0.5) is 5.69 Å². The lowest BCUT2D eigenvalue weighted by atomic mass is 10.2. The third-order valence-corrected chi connectivity index (χ3v) is 6.74. The molecule has 1 fully saturated rings. The maximum atomic E-state index is 12.7. The standard InChI is InChI=1S/C19H30N2O6S/c1-5-21(6-2)28(23,24)16-9-10-18(25-4)17(12-16)20-19(22)14(3)27-13-15-8-7-11-26-15/h9-10,12,14-15H,5-8,11,13H2,1-4H3,(H,20,22). The summed E-state index contributed by atoms with van der Waals surface area (Å²) in [5.74, 6) is -0.00754. The van der Waals surface area contributed by atoms with Gasteiger partial charge in [-0.2, -0.15) is 4.31 Å². The second-order valence-corrected chi connectivity index (χ2v) is 8.49. The van der Waals surface area contributed by atoms with Crippen molar-refractivity contribution in [1.82, 2.24) is 4.31 Å². The highest BCUT2D eigenvalue weighted by atomic mass is 32.2. The smallest absolute Gasteiger partial charge is 0.253 e. The Morgan fingerprint density at radius 3 is 2.64 bits per heavy atom. The number of rotatable bonds is 10. The fraction of sp³-hybridized carbons (Fsp3) is 0.632. The SMILES string of the molecule is CCN(CC)S(=O)(=O)c1ccc(OC)c(NC(=O)C(C)OCC2CCCO2)c1. The molecule has 0 spiro atoms. The minimum atomic E-state index is -3.65. The van der Waals surface area contributed by atoms with E-state index in [1.165, 1.54) is 29.6 Å². The van der Waals surface area contributed by atoms with E-state index in [0.717, 1.165) is 19.4 Å². The van der Waals surface area contributed by atoms with Crippen LogP contribution in [0.1, 0.15) is 33.6 Å². The molecule has 0 bridgehead atoms. The van der Waals surface area contributed by atoms with Gasteiger partial charge < -0.3 is 19.5 Å². The average molecular weight is 415 g/mol. The Bertz CT molecular complexity index is 758. The summed E-state index contributed by atoms with van der Waals surface area (Å²) >= 11 is 0. The summed E-state index contributed by atoms with van der Waals surface area (Å²) in [6, 6.07) is 4.42. The first-order chi connectivity index (χ1) is 13.3. The molecular formula is C19H30N2O6S. The number of carbonyl (C=O) groups is 1. The molecule has 0 aromatic heterocycles. The third-order valence-electron chi connectivity index (χ3n) is 4.70. The largest absolute Gasteiger partial charge is 0.495 e. The zero-order chi connectivity index (χ0) is 20.7. The Morgan fingerprint density at radius 1 is 1.36 bits per heavy atom. The Morgan fingerprint density at radius 2 is 2.07 bits per heavy atom. The van der Waals surface area contributed by atoms with Crippen LogP contribution in [0.5, 0.6) is 5.75 Å². The van der Waals surface area contributed by atoms with Gasteiger partial charge in [0, 0.05) is 19.7 Å². The lowest BCUT2D eigenvalue weighted by Gasteiger charge is -2.20. The van der Waals surface area contributed by atoms with Crippen molar-refractivity contribution < 1.29 is 27.4 Å². The van der Waals surface area contributed by atoms with E-state index in [1.807, 2.05) is 0 Å². The maximum Gasteiger partial charge on any atom is 0.253 e. The summed E-state index contributed by atoms with van der Waals surface area (Å²) in [5.41, 5.74) is 0.285. The van der Waals surface area contributed by atoms with E-state index >= 15 is 0 Å². The summed E-state index contributed by atoms with van der Waals surface area (Å²) in [7, 11) is -2.19. The van der Waals surface area contributed by atoms with Gasteiger partial charge in [0.05, 0.1) is 30.4 Å². The Balaban J connectivity index is 2.13. The van der Waals surface area contributed by atoms with Crippen LogP contribution in [0, 0.1) is 0 Å². The summed E-state index contributed by atoms with van der Waals surface area (Å²) < 4.78 is 43.2. The van der Waals surface area contributed by atoms with Gasteiger partial charge in [-0.15, -0.1) is 0 Å². The number of sulfonamides is 1. The normalized spacial score (nSPS) is 18.2. The maximum absolute atomic E-state index is 12.7. The molecule has 1 aliphatic rings. The van der Waals surface area contributed by atoms with Crippen molar-refractivity contribution in [2.75, 3.05) is 38.7 Å². The van der Waals surface area contributed by atoms with E-state index in [4.69, 9.17) is 14.2 Å². The van der Waals surface area contributed by atoms with Gasteiger partial charge >= 0.3 is 0 Å². The Labute approximate surface area is 167 Å². The fourth-order valence-electron chi connectivity index (χ4n) is 3.00. The molecule has 0 saturated carbocycles. The van der Waals surface area contributed by atoms with Crippen LogP contribution in [0.3, 0.4) is 0 Å². The average Bonchev–Trinajstić information content (AvgIpc) is 3.20. The van der Waals surface area contributed by atoms with Gasteiger partial charge in [0.25, 0.3) is 5.91 Å². The van der Waals surface area contributed by atoms with E-state index in [2.05, 4.69) is 5.32 Å². The highest BCUT2D eigenvalue weighted by molar-refractivity contribution is 7.89. The molecule has 1 N–H and O–H groups in total. The number of methoxy groups -OCH3 is 1. The van der Waals surface area contributed by atoms with Crippen molar-refractivity contribution in [3.05, 3.63) is 18.2 Å². The van der Waals surface area contributed by atoms with Crippen LogP contribution in [0.2, 0.25) is 0 Å². The molecule has 28 heavy (non-hydrogen) atoms. The van der Waals surface area contributed by atoms with Crippen LogP contribution in [-0.2, 0) is 24.3 Å². The number of anilines is 1. The molecule has 1 saturated heterocycles. The minimum Gasteiger partial charge on any atom is -0.495 e. The van der Waals surface area contributed by atoms with Crippen LogP contribution in [0.15, 0.2) is 23.1 Å². The predicted octanol–water partition coefficient (Wildman–Crippen LogP) is 2.25. The number of benzene rings is 1. The van der Waals surface area contributed by atoms with E-state index in [0.29, 0.717) is 25.4 Å². The van der Waals surface area contributed by atoms with Crippen LogP contribution in [-0.4, -0.2) is 64.3 Å². The Hall–Kier alpha value is -1.68. The van der Waals surface area contributed by atoms with Gasteiger partial charge in [-0.25, -0.2) is 8.42 Å². The number of hydrogen-bond acceptors (Lipinski definition) is 6. The van der Waals surface area contributed by atoms with Crippen molar-refractivity contribution in [2.24, 2.45) is 0 Å². The van der Waals surface area contributed by atoms with Crippen molar-refractivity contribution in [2.45, 2.75) is 50.7 Å². The first-order valence-corrected chi connectivity index (χ1v) is 11.0. The van der Waals surface area contributed by atoms with Gasteiger partial charge in [0.1, 0.15) is 11.9 Å². The quantitative estimate of drug-likeness (QED) is 0.631. The molecule has 0 radical (unpaired) electrons. The Kier molecular flexibility index (Phi) is 8.23. The predicted molar refractivity (Wildman–Crippen MR) is 106 cm³/mol. The second kappa shape index (κ2) is 10.2. The first kappa shape index (κ1) is 22.6. The molecule has 1 aromatic rings. The van der Waals surface area contributed by atoms with E-state index in [1.54, 1.807) is 20.8 Å². The second-order valence-electron chi connectivity index (χ2n) is 6.55. The number of hydrogen-bond donors (Lipinski definition) is 1. The molecule has 0 aliphatic carbocycles. The van der Waals surface area contributed by atoms with E-state index in [9.17, 15) is 13.2 Å². The molecule has 2 unspecified atom stereocenters. The van der Waals surface area contributed by atoms with Crippen molar-refractivity contribution in [3.8, 4) is 5.75 Å². The number of carbonyl (C=O) groups excluding carboxylic acids is 1. The molecular weight excluding hydrogens is 384 g/mol. The number of ether oxygens (including phenoxy) is 3. The van der Waals surface area contributed by atoms with Crippen LogP contribution < -0.4 is 10.1 Å². The van der Waals surface area contributed by atoms with Gasteiger partial charge in [-0.1, -0.05) is 13.8 Å². The van der Waals surface area contributed by atoms with E-state index < -0.39 is 16.1 Å². The van der Waals surface area contributed by atoms with Gasteiger partial charge in [0.15, 0.2) is 0 Å². The lowest BCUT2D eigenvalue weighted by molar-refractivity contribution is -0.128. The number of nitrogens with zero attached hydrogens (tertiary/aromatic N) is 1. The van der Waals surface area contributed by atoms with Crippen molar-refractivity contribution in [3.63, 3.8) is 0 Å². The molecule has 1 heterocycles. The molecule has 9 heteroatoms. The summed E-state index contributed by atoms with van der Waals surface area (Å²) in [4.78, 5) is 12.6. The molecule has 1 amide bonds. The third kappa shape index (κ3) is 5.44. The van der Waals surface area contributed by atoms with Crippen molar-refractivity contribution >= 4 is 21.6 Å². The zero-order valence-corrected chi connectivity index (χ0v) is 17.8. The molecule has 158 valence electrons. The number of nitrogens with one attached hydrogen (secondary N) is 1. The van der Waals surface area contributed by atoms with Gasteiger partial charge in [-0.3, -0.25) is 4.79 Å². The topological polar surface area (TPSA) is 94.2 Å². The van der Waals surface area contributed by atoms with Gasteiger partial charge in [0.2, 0.25) is 10.0 Å². The van der Waals surface area contributed by atoms with Crippen LogP contribution in [0.25, 0.3) is 0 Å². The molecule has 1 aromatic carbocycles. The molecule has 1 aliphatic heterocycles. The fourth-order valence-corrected chi connectivity index (χ4v) is 4.48. The zero-order valence-electron chi connectivity index (χ0n) is 16.9. The van der Waals surface area contributed by atoms with E-state index in [-0.39, 0.29) is 22.6 Å². The van der Waals surface area contributed by atoms with Crippen LogP contribution >= 0.6 is 0 Å². The summed E-state index contributed by atoms with van der Waals surface area (Å²) in [5, 5.41) is 2.71. The monoisotopic (exact) mass is 414 g/mol. The first-order valence-electron chi connectivity index (χ1n) is 9.55. The summed E-state index contributed by atoms with van der Waals surface area (Å²) in [6.45, 7) is 7.00. The highest BCUT2D eigenvalue weighted by Gasteiger charge is 2.24. The minimum absolute atomic E-state index is 0.0207. The number of amides is 1. The molecule has 8 nitrogen and oxygen atoms in total. The van der Waals surface area contributed by atoms with Crippen molar-refractivity contribution in [1.29, 1.82) is 0 Å². The molecule has 2 atom stereocenters. The highest BCUT2D eigenvalue weighted by Crippen LogP contribution is 2.29.